The summed E-state index contributed by atoms with van der Waals surface area (Å²) in [6.45, 7) is 3.60. The van der Waals surface area contributed by atoms with Gasteiger partial charge in [-0.15, -0.1) is 0 Å². The van der Waals surface area contributed by atoms with E-state index in [0.717, 1.165) is 6.42 Å². The van der Waals surface area contributed by atoms with Crippen molar-refractivity contribution in [2.75, 3.05) is 12.0 Å². The molecule has 0 saturated carbocycles. The molecule has 0 aromatic heterocycles. The molecule has 0 aliphatic rings. The third-order valence-electron chi connectivity index (χ3n) is 3.72. The lowest BCUT2D eigenvalue weighted by molar-refractivity contribution is -0.119. The number of rotatable bonds is 8. The predicted octanol–water partition coefficient (Wildman–Crippen LogP) is 2.99. The van der Waals surface area contributed by atoms with Crippen LogP contribution in [0.4, 0.5) is 5.69 Å². The summed E-state index contributed by atoms with van der Waals surface area (Å²) in [5.41, 5.74) is 0.560. The standard InChI is InChI=1S/C18H22N2O4S/c1-3-14(2)18(21)20-15-9-11-17(12-10-15)25(22,23)19-13-24-16-7-5-4-6-8-16/h4-12,14,19H,3,13H2,1-2H3,(H,20,21). The smallest absolute Gasteiger partial charge is 0.243 e. The van der Waals surface area contributed by atoms with Crippen LogP contribution in [-0.2, 0) is 14.8 Å². The highest BCUT2D eigenvalue weighted by Crippen LogP contribution is 2.15. The fourth-order valence-electron chi connectivity index (χ4n) is 1.96. The van der Waals surface area contributed by atoms with Crippen LogP contribution >= 0.6 is 0 Å². The maximum Gasteiger partial charge on any atom is 0.243 e. The minimum atomic E-state index is -3.68. The van der Waals surface area contributed by atoms with E-state index in [9.17, 15) is 13.2 Å². The Labute approximate surface area is 148 Å². The number of para-hydroxylation sites is 1. The van der Waals surface area contributed by atoms with Crippen molar-refractivity contribution in [1.82, 2.24) is 4.72 Å². The topological polar surface area (TPSA) is 84.5 Å². The Morgan fingerprint density at radius 1 is 1.08 bits per heavy atom. The van der Waals surface area contributed by atoms with Crippen LogP contribution in [0.1, 0.15) is 20.3 Å². The lowest BCUT2D eigenvalue weighted by Gasteiger charge is -2.11. The number of anilines is 1. The van der Waals surface area contributed by atoms with Crippen LogP contribution in [0.5, 0.6) is 5.75 Å². The van der Waals surface area contributed by atoms with E-state index in [2.05, 4.69) is 10.0 Å². The van der Waals surface area contributed by atoms with Crippen molar-refractivity contribution in [3.05, 3.63) is 54.6 Å². The summed E-state index contributed by atoms with van der Waals surface area (Å²) in [4.78, 5) is 11.9. The van der Waals surface area contributed by atoms with Crippen LogP contribution < -0.4 is 14.8 Å². The van der Waals surface area contributed by atoms with Gasteiger partial charge >= 0.3 is 0 Å². The van der Waals surface area contributed by atoms with Crippen molar-refractivity contribution in [3.63, 3.8) is 0 Å². The number of amides is 1. The number of hydrogen-bond donors (Lipinski definition) is 2. The minimum absolute atomic E-state index is 0.0903. The second-order valence-corrected chi connectivity index (χ2v) is 7.34. The molecule has 0 aliphatic heterocycles. The van der Waals surface area contributed by atoms with Crippen LogP contribution in [0.15, 0.2) is 59.5 Å². The van der Waals surface area contributed by atoms with Gasteiger partial charge in [-0.25, -0.2) is 8.42 Å². The number of sulfonamides is 1. The molecule has 0 bridgehead atoms. The molecule has 0 aliphatic carbocycles. The van der Waals surface area contributed by atoms with Gasteiger partial charge in [-0.2, -0.15) is 4.72 Å². The van der Waals surface area contributed by atoms with E-state index in [1.165, 1.54) is 12.1 Å². The molecule has 134 valence electrons. The molecule has 2 aromatic carbocycles. The van der Waals surface area contributed by atoms with E-state index >= 15 is 0 Å². The molecule has 2 rings (SSSR count). The van der Waals surface area contributed by atoms with Gasteiger partial charge in [0.2, 0.25) is 15.9 Å². The molecular weight excluding hydrogens is 340 g/mol. The Bertz CT molecular complexity index is 790. The SMILES string of the molecule is CCC(C)C(=O)Nc1ccc(S(=O)(=O)NCOc2ccccc2)cc1. The normalized spacial score (nSPS) is 12.4. The monoisotopic (exact) mass is 362 g/mol. The van der Waals surface area contributed by atoms with Crippen LogP contribution in [0.25, 0.3) is 0 Å². The van der Waals surface area contributed by atoms with Gasteiger partial charge in [0, 0.05) is 11.6 Å². The van der Waals surface area contributed by atoms with Gasteiger partial charge in [-0.3, -0.25) is 4.79 Å². The molecule has 1 atom stereocenters. The Hall–Kier alpha value is -2.38. The molecule has 0 saturated heterocycles. The van der Waals surface area contributed by atoms with Gasteiger partial charge in [0.15, 0.2) is 6.73 Å². The van der Waals surface area contributed by atoms with Gasteiger partial charge in [-0.1, -0.05) is 32.0 Å². The van der Waals surface area contributed by atoms with Crippen molar-refractivity contribution in [2.45, 2.75) is 25.2 Å². The molecule has 1 amide bonds. The molecule has 0 radical (unpaired) electrons. The van der Waals surface area contributed by atoms with E-state index < -0.39 is 10.0 Å². The van der Waals surface area contributed by atoms with E-state index in [4.69, 9.17) is 4.74 Å². The highest BCUT2D eigenvalue weighted by Gasteiger charge is 2.15. The molecule has 1 unspecified atom stereocenters. The third kappa shape index (κ3) is 5.58. The van der Waals surface area contributed by atoms with Crippen molar-refractivity contribution in [3.8, 4) is 5.75 Å². The van der Waals surface area contributed by atoms with Crippen molar-refractivity contribution >= 4 is 21.6 Å². The van der Waals surface area contributed by atoms with Crippen molar-refractivity contribution in [1.29, 1.82) is 0 Å². The number of carbonyl (C=O) groups is 1. The first-order valence-corrected chi connectivity index (χ1v) is 9.49. The van der Waals surface area contributed by atoms with Gasteiger partial charge in [0.1, 0.15) is 5.75 Å². The van der Waals surface area contributed by atoms with Crippen LogP contribution in [0.2, 0.25) is 0 Å². The van der Waals surface area contributed by atoms with Crippen LogP contribution in [0.3, 0.4) is 0 Å². The Morgan fingerprint density at radius 3 is 2.32 bits per heavy atom. The largest absolute Gasteiger partial charge is 0.477 e. The quantitative estimate of drug-likeness (QED) is 0.707. The van der Waals surface area contributed by atoms with E-state index in [0.29, 0.717) is 11.4 Å². The maximum atomic E-state index is 12.2. The van der Waals surface area contributed by atoms with Gasteiger partial charge in [-0.05, 0) is 42.8 Å². The van der Waals surface area contributed by atoms with Crippen LogP contribution in [0, 0.1) is 5.92 Å². The second-order valence-electron chi connectivity index (χ2n) is 5.57. The summed E-state index contributed by atoms with van der Waals surface area (Å²) in [5.74, 6) is 0.390. The number of nitrogens with one attached hydrogen (secondary N) is 2. The minimum Gasteiger partial charge on any atom is -0.477 e. The summed E-state index contributed by atoms with van der Waals surface area (Å²) >= 11 is 0. The Morgan fingerprint density at radius 2 is 1.72 bits per heavy atom. The highest BCUT2D eigenvalue weighted by atomic mass is 32.2. The van der Waals surface area contributed by atoms with Crippen molar-refractivity contribution in [2.24, 2.45) is 5.92 Å². The summed E-state index contributed by atoms with van der Waals surface area (Å²) in [6, 6.07) is 14.9. The molecule has 0 spiro atoms. The fourth-order valence-corrected chi connectivity index (χ4v) is 2.83. The average molecular weight is 362 g/mol. The Kier molecular flexibility index (Phi) is 6.55. The number of hydrogen-bond acceptors (Lipinski definition) is 4. The first-order valence-electron chi connectivity index (χ1n) is 8.01. The summed E-state index contributed by atoms with van der Waals surface area (Å²) < 4.78 is 32.2. The van der Waals surface area contributed by atoms with Gasteiger partial charge in [0.05, 0.1) is 4.90 Å². The number of ether oxygens (including phenoxy) is 1. The molecule has 2 N–H and O–H groups in total. The second kappa shape index (κ2) is 8.64. The number of carbonyl (C=O) groups excluding carboxylic acids is 1. The Balaban J connectivity index is 1.94. The average Bonchev–Trinajstić information content (AvgIpc) is 2.62. The third-order valence-corrected chi connectivity index (χ3v) is 5.11. The van der Waals surface area contributed by atoms with Crippen molar-refractivity contribution < 1.29 is 17.9 Å². The predicted molar refractivity (Wildman–Crippen MR) is 96.8 cm³/mol. The fraction of sp³-hybridized carbons (Fsp3) is 0.278. The van der Waals surface area contributed by atoms with E-state index in [1.807, 2.05) is 19.9 Å². The number of benzene rings is 2. The summed E-state index contributed by atoms with van der Waals surface area (Å²) in [6.07, 6.45) is 0.740. The molecule has 25 heavy (non-hydrogen) atoms. The van der Waals surface area contributed by atoms with E-state index in [-0.39, 0.29) is 23.5 Å². The first kappa shape index (κ1) is 19.0. The molecule has 7 heteroatoms. The lowest BCUT2D eigenvalue weighted by atomic mass is 10.1. The van der Waals surface area contributed by atoms with Gasteiger partial charge < -0.3 is 10.1 Å². The van der Waals surface area contributed by atoms with Crippen LogP contribution in [-0.4, -0.2) is 21.1 Å². The molecule has 6 nitrogen and oxygen atoms in total. The molecule has 0 heterocycles. The first-order chi connectivity index (χ1) is 11.9. The molecule has 0 fully saturated rings. The maximum absolute atomic E-state index is 12.2. The van der Waals surface area contributed by atoms with E-state index in [1.54, 1.807) is 36.4 Å². The summed E-state index contributed by atoms with van der Waals surface area (Å²) in [5, 5.41) is 2.76. The zero-order valence-electron chi connectivity index (χ0n) is 14.2. The zero-order valence-corrected chi connectivity index (χ0v) is 15.0. The lowest BCUT2D eigenvalue weighted by Crippen LogP contribution is -2.28. The zero-order chi connectivity index (χ0) is 18.3. The van der Waals surface area contributed by atoms with Gasteiger partial charge in [0.25, 0.3) is 0 Å². The summed E-state index contributed by atoms with van der Waals surface area (Å²) in [7, 11) is -3.68. The molecular formula is C18H22N2O4S. The molecule has 2 aromatic rings. The highest BCUT2D eigenvalue weighted by molar-refractivity contribution is 7.89.